The van der Waals surface area contributed by atoms with E-state index in [0.29, 0.717) is 17.0 Å². The van der Waals surface area contributed by atoms with Crippen LogP contribution < -0.4 is 10.1 Å². The monoisotopic (exact) mass is 305 g/mol. The second-order valence-electron chi connectivity index (χ2n) is 3.66. The molecule has 0 aliphatic rings. The van der Waals surface area contributed by atoms with Gasteiger partial charge in [-0.15, -0.1) is 0 Å². The SMILES string of the molecule is COc1ccc(Br)cc1NC(=O)c1ccccc1. The number of carbonyl (C=O) groups is 1. The van der Waals surface area contributed by atoms with Gasteiger partial charge in [-0.2, -0.15) is 0 Å². The van der Waals surface area contributed by atoms with E-state index in [1.54, 1.807) is 31.4 Å². The van der Waals surface area contributed by atoms with Gasteiger partial charge in [0, 0.05) is 10.0 Å². The number of rotatable bonds is 3. The third-order valence-electron chi connectivity index (χ3n) is 2.45. The van der Waals surface area contributed by atoms with E-state index in [9.17, 15) is 4.79 Å². The maximum absolute atomic E-state index is 12.0. The van der Waals surface area contributed by atoms with E-state index in [0.717, 1.165) is 4.47 Å². The van der Waals surface area contributed by atoms with Crippen LogP contribution in [-0.2, 0) is 0 Å². The Morgan fingerprint density at radius 3 is 2.56 bits per heavy atom. The molecule has 0 bridgehead atoms. The van der Waals surface area contributed by atoms with Crippen molar-refractivity contribution in [3.63, 3.8) is 0 Å². The molecule has 0 heterocycles. The van der Waals surface area contributed by atoms with Crippen LogP contribution in [0.3, 0.4) is 0 Å². The van der Waals surface area contributed by atoms with Crippen LogP contribution in [0.1, 0.15) is 10.4 Å². The Labute approximate surface area is 114 Å². The number of hydrogen-bond donors (Lipinski definition) is 1. The molecule has 2 rings (SSSR count). The largest absolute Gasteiger partial charge is 0.495 e. The van der Waals surface area contributed by atoms with Crippen LogP contribution >= 0.6 is 15.9 Å². The van der Waals surface area contributed by atoms with Gasteiger partial charge in [-0.25, -0.2) is 0 Å². The summed E-state index contributed by atoms with van der Waals surface area (Å²) >= 11 is 3.36. The van der Waals surface area contributed by atoms with Crippen LogP contribution in [0.25, 0.3) is 0 Å². The van der Waals surface area contributed by atoms with Gasteiger partial charge < -0.3 is 10.1 Å². The van der Waals surface area contributed by atoms with Gasteiger partial charge in [0.05, 0.1) is 12.8 Å². The van der Waals surface area contributed by atoms with E-state index in [2.05, 4.69) is 21.2 Å². The summed E-state index contributed by atoms with van der Waals surface area (Å²) in [5, 5.41) is 2.82. The van der Waals surface area contributed by atoms with Crippen LogP contribution in [-0.4, -0.2) is 13.0 Å². The molecule has 2 aromatic rings. The third kappa shape index (κ3) is 2.90. The number of nitrogens with one attached hydrogen (secondary N) is 1. The molecule has 0 saturated heterocycles. The Morgan fingerprint density at radius 2 is 1.89 bits per heavy atom. The Kier molecular flexibility index (Phi) is 3.99. The van der Waals surface area contributed by atoms with Crippen LogP contribution in [0.5, 0.6) is 5.75 Å². The smallest absolute Gasteiger partial charge is 0.255 e. The number of carbonyl (C=O) groups excluding carboxylic acids is 1. The van der Waals surface area contributed by atoms with Crippen LogP contribution in [0.2, 0.25) is 0 Å². The highest BCUT2D eigenvalue weighted by Crippen LogP contribution is 2.28. The summed E-state index contributed by atoms with van der Waals surface area (Å²) in [4.78, 5) is 12.0. The van der Waals surface area contributed by atoms with Gasteiger partial charge in [-0.05, 0) is 30.3 Å². The standard InChI is InChI=1S/C14H12BrNO2/c1-18-13-8-7-11(15)9-12(13)16-14(17)10-5-3-2-4-6-10/h2-9H,1H3,(H,16,17). The van der Waals surface area contributed by atoms with Gasteiger partial charge in [-0.1, -0.05) is 34.1 Å². The summed E-state index contributed by atoms with van der Waals surface area (Å²) < 4.78 is 6.08. The number of anilines is 1. The molecule has 0 saturated carbocycles. The van der Waals surface area contributed by atoms with E-state index in [1.807, 2.05) is 24.3 Å². The van der Waals surface area contributed by atoms with E-state index < -0.39 is 0 Å². The van der Waals surface area contributed by atoms with Crippen molar-refractivity contribution in [2.75, 3.05) is 12.4 Å². The van der Waals surface area contributed by atoms with Crippen molar-refractivity contribution in [1.29, 1.82) is 0 Å². The fourth-order valence-electron chi connectivity index (χ4n) is 1.56. The highest BCUT2D eigenvalue weighted by Gasteiger charge is 2.09. The lowest BCUT2D eigenvalue weighted by atomic mass is 10.2. The first-order valence-electron chi connectivity index (χ1n) is 5.40. The molecular formula is C14H12BrNO2. The number of hydrogen-bond acceptors (Lipinski definition) is 2. The number of ether oxygens (including phenoxy) is 1. The van der Waals surface area contributed by atoms with E-state index in [-0.39, 0.29) is 5.91 Å². The Bertz CT molecular complexity index is 555. The number of methoxy groups -OCH3 is 1. The summed E-state index contributed by atoms with van der Waals surface area (Å²) in [6.07, 6.45) is 0. The summed E-state index contributed by atoms with van der Waals surface area (Å²) in [7, 11) is 1.57. The molecule has 4 heteroatoms. The molecule has 0 unspecified atom stereocenters. The number of benzene rings is 2. The van der Waals surface area contributed by atoms with E-state index in [1.165, 1.54) is 0 Å². The van der Waals surface area contributed by atoms with Crippen molar-refractivity contribution < 1.29 is 9.53 Å². The normalized spacial score (nSPS) is 9.89. The summed E-state index contributed by atoms with van der Waals surface area (Å²) in [5.41, 5.74) is 1.25. The highest BCUT2D eigenvalue weighted by atomic mass is 79.9. The Balaban J connectivity index is 2.24. The van der Waals surface area contributed by atoms with Crippen LogP contribution in [0.4, 0.5) is 5.69 Å². The molecule has 1 amide bonds. The molecule has 0 fully saturated rings. The molecule has 1 N–H and O–H groups in total. The minimum absolute atomic E-state index is 0.160. The zero-order valence-electron chi connectivity index (χ0n) is 9.81. The molecule has 0 radical (unpaired) electrons. The first-order valence-corrected chi connectivity index (χ1v) is 6.20. The molecule has 0 aromatic heterocycles. The lowest BCUT2D eigenvalue weighted by Crippen LogP contribution is -2.12. The maximum atomic E-state index is 12.0. The zero-order valence-corrected chi connectivity index (χ0v) is 11.4. The minimum atomic E-state index is -0.160. The predicted octanol–water partition coefficient (Wildman–Crippen LogP) is 3.71. The van der Waals surface area contributed by atoms with Gasteiger partial charge in [0.2, 0.25) is 0 Å². The molecule has 0 aliphatic heterocycles. The van der Waals surface area contributed by atoms with Crippen molar-refractivity contribution in [3.8, 4) is 5.75 Å². The second kappa shape index (κ2) is 5.69. The Morgan fingerprint density at radius 1 is 1.17 bits per heavy atom. The molecule has 0 atom stereocenters. The minimum Gasteiger partial charge on any atom is -0.495 e. The molecular weight excluding hydrogens is 294 g/mol. The van der Waals surface area contributed by atoms with E-state index in [4.69, 9.17) is 4.74 Å². The average Bonchev–Trinajstić information content (AvgIpc) is 2.40. The quantitative estimate of drug-likeness (QED) is 0.939. The average molecular weight is 306 g/mol. The van der Waals surface area contributed by atoms with Crippen molar-refractivity contribution in [2.24, 2.45) is 0 Å². The van der Waals surface area contributed by atoms with Crippen molar-refractivity contribution in [2.45, 2.75) is 0 Å². The third-order valence-corrected chi connectivity index (χ3v) is 2.94. The van der Waals surface area contributed by atoms with Crippen LogP contribution in [0.15, 0.2) is 53.0 Å². The van der Waals surface area contributed by atoms with Gasteiger partial charge in [0.1, 0.15) is 5.75 Å². The molecule has 2 aromatic carbocycles. The Hall–Kier alpha value is -1.81. The molecule has 18 heavy (non-hydrogen) atoms. The topological polar surface area (TPSA) is 38.3 Å². The van der Waals surface area contributed by atoms with Crippen molar-refractivity contribution >= 4 is 27.5 Å². The van der Waals surface area contributed by atoms with Gasteiger partial charge in [0.15, 0.2) is 0 Å². The number of halogens is 1. The molecule has 3 nitrogen and oxygen atoms in total. The maximum Gasteiger partial charge on any atom is 0.255 e. The first kappa shape index (κ1) is 12.6. The zero-order chi connectivity index (χ0) is 13.0. The summed E-state index contributed by atoms with van der Waals surface area (Å²) in [6, 6.07) is 14.5. The van der Waals surface area contributed by atoms with Gasteiger partial charge in [-0.3, -0.25) is 4.79 Å². The molecule has 0 aliphatic carbocycles. The summed E-state index contributed by atoms with van der Waals surface area (Å²) in [6.45, 7) is 0. The summed E-state index contributed by atoms with van der Waals surface area (Å²) in [5.74, 6) is 0.467. The van der Waals surface area contributed by atoms with Crippen LogP contribution in [0, 0.1) is 0 Å². The highest BCUT2D eigenvalue weighted by molar-refractivity contribution is 9.10. The lowest BCUT2D eigenvalue weighted by Gasteiger charge is -2.10. The molecule has 92 valence electrons. The van der Waals surface area contributed by atoms with Crippen molar-refractivity contribution in [1.82, 2.24) is 0 Å². The molecule has 0 spiro atoms. The van der Waals surface area contributed by atoms with Gasteiger partial charge in [0.25, 0.3) is 5.91 Å². The lowest BCUT2D eigenvalue weighted by molar-refractivity contribution is 0.102. The fourth-order valence-corrected chi connectivity index (χ4v) is 1.92. The van der Waals surface area contributed by atoms with E-state index >= 15 is 0 Å². The van der Waals surface area contributed by atoms with Gasteiger partial charge >= 0.3 is 0 Å². The second-order valence-corrected chi connectivity index (χ2v) is 4.58. The first-order chi connectivity index (χ1) is 8.70. The van der Waals surface area contributed by atoms with Crippen molar-refractivity contribution in [3.05, 3.63) is 58.6 Å². The number of amides is 1. The fraction of sp³-hybridized carbons (Fsp3) is 0.0714. The predicted molar refractivity (Wildman–Crippen MR) is 75.1 cm³/mol.